The Hall–Kier alpha value is -2.88. The number of nitrogens with one attached hydrogen (secondary N) is 1. The lowest BCUT2D eigenvalue weighted by Gasteiger charge is -2.18. The van der Waals surface area contributed by atoms with Crippen molar-refractivity contribution in [3.63, 3.8) is 0 Å². The van der Waals surface area contributed by atoms with Crippen LogP contribution in [0.1, 0.15) is 22.4 Å². The first kappa shape index (κ1) is 15.6. The Morgan fingerprint density at radius 1 is 1.00 bits per heavy atom. The van der Waals surface area contributed by atoms with Crippen LogP contribution >= 0.6 is 0 Å². The summed E-state index contributed by atoms with van der Waals surface area (Å²) in [5.41, 5.74) is 6.08. The van der Waals surface area contributed by atoms with Gasteiger partial charge in [0.05, 0.1) is 0 Å². The molecule has 0 aliphatic carbocycles. The highest BCUT2D eigenvalue weighted by molar-refractivity contribution is 5.66. The van der Waals surface area contributed by atoms with Crippen LogP contribution in [0, 0.1) is 13.8 Å². The summed E-state index contributed by atoms with van der Waals surface area (Å²) >= 11 is 0. The number of hydrogen-bond acceptors (Lipinski definition) is 4. The van der Waals surface area contributed by atoms with Crippen molar-refractivity contribution in [3.05, 3.63) is 77.0 Å². The van der Waals surface area contributed by atoms with E-state index in [-0.39, 0.29) is 0 Å². The Labute approximate surface area is 148 Å². The van der Waals surface area contributed by atoms with Crippen molar-refractivity contribution in [1.29, 1.82) is 0 Å². The first-order valence-corrected chi connectivity index (χ1v) is 8.69. The van der Waals surface area contributed by atoms with Crippen LogP contribution in [0.2, 0.25) is 0 Å². The lowest BCUT2D eigenvalue weighted by atomic mass is 10.1. The lowest BCUT2D eigenvalue weighted by Crippen LogP contribution is -2.17. The van der Waals surface area contributed by atoms with E-state index >= 15 is 0 Å². The Bertz CT molecular complexity index is 904. The van der Waals surface area contributed by atoms with Crippen molar-refractivity contribution in [2.45, 2.75) is 26.8 Å². The second-order valence-corrected chi connectivity index (χ2v) is 6.57. The number of aryl methyl sites for hydroxylation is 2. The number of hydrogen-bond donors (Lipinski definition) is 1. The van der Waals surface area contributed by atoms with E-state index in [4.69, 9.17) is 4.98 Å². The zero-order valence-corrected chi connectivity index (χ0v) is 14.7. The molecule has 1 aliphatic rings. The van der Waals surface area contributed by atoms with Gasteiger partial charge in [0.2, 0.25) is 5.95 Å². The molecule has 0 bridgehead atoms. The lowest BCUT2D eigenvalue weighted by molar-refractivity contribution is 0.926. The predicted molar refractivity (Wildman–Crippen MR) is 102 cm³/mol. The van der Waals surface area contributed by atoms with Gasteiger partial charge in [-0.15, -0.1) is 0 Å². The van der Waals surface area contributed by atoms with E-state index < -0.39 is 0 Å². The van der Waals surface area contributed by atoms with E-state index in [1.54, 1.807) is 0 Å². The highest BCUT2D eigenvalue weighted by Gasteiger charge is 2.22. The molecule has 126 valence electrons. The molecule has 0 spiro atoms. The molecule has 0 saturated heterocycles. The van der Waals surface area contributed by atoms with Gasteiger partial charge < -0.3 is 10.2 Å². The van der Waals surface area contributed by atoms with Gasteiger partial charge in [-0.1, -0.05) is 48.0 Å². The van der Waals surface area contributed by atoms with E-state index in [9.17, 15) is 0 Å². The Balaban J connectivity index is 1.57. The van der Waals surface area contributed by atoms with Gasteiger partial charge in [-0.05, 0) is 37.5 Å². The van der Waals surface area contributed by atoms with Crippen LogP contribution in [0.4, 0.5) is 17.5 Å². The fourth-order valence-corrected chi connectivity index (χ4v) is 3.32. The quantitative estimate of drug-likeness (QED) is 0.770. The van der Waals surface area contributed by atoms with Crippen molar-refractivity contribution in [2.75, 3.05) is 16.8 Å². The maximum Gasteiger partial charge on any atom is 0.232 e. The molecule has 0 radical (unpaired) electrons. The van der Waals surface area contributed by atoms with E-state index in [0.29, 0.717) is 0 Å². The number of benzene rings is 2. The molecule has 1 N–H and O–H groups in total. The fourth-order valence-electron chi connectivity index (χ4n) is 3.32. The maximum absolute atomic E-state index is 4.76. The van der Waals surface area contributed by atoms with Gasteiger partial charge >= 0.3 is 0 Å². The third kappa shape index (κ3) is 3.33. The normalized spacial score (nSPS) is 13.0. The van der Waals surface area contributed by atoms with Gasteiger partial charge in [0.15, 0.2) is 0 Å². The maximum atomic E-state index is 4.76. The minimum atomic E-state index is 0.758. The van der Waals surface area contributed by atoms with Crippen LogP contribution in [-0.4, -0.2) is 16.5 Å². The smallest absolute Gasteiger partial charge is 0.232 e. The average Bonchev–Trinajstić information content (AvgIpc) is 3.04. The molecule has 25 heavy (non-hydrogen) atoms. The first-order chi connectivity index (χ1) is 12.2. The molecule has 0 amide bonds. The number of nitrogens with zero attached hydrogens (tertiary/aromatic N) is 3. The number of para-hydroxylation sites is 1. The Kier molecular flexibility index (Phi) is 4.10. The van der Waals surface area contributed by atoms with Crippen LogP contribution < -0.4 is 10.2 Å². The van der Waals surface area contributed by atoms with E-state index in [0.717, 1.165) is 37.0 Å². The van der Waals surface area contributed by atoms with Crippen molar-refractivity contribution >= 4 is 17.5 Å². The fraction of sp³-hybridized carbons (Fsp3) is 0.238. The number of fused-ring (bicyclic) bond motifs is 1. The van der Waals surface area contributed by atoms with Gasteiger partial charge in [0.25, 0.3) is 0 Å². The molecular formula is C21H22N4. The highest BCUT2D eigenvalue weighted by atomic mass is 15.3. The molecule has 2 heterocycles. The van der Waals surface area contributed by atoms with Crippen molar-refractivity contribution in [2.24, 2.45) is 0 Å². The minimum absolute atomic E-state index is 0.758. The minimum Gasteiger partial charge on any atom is -0.366 e. The molecule has 4 heteroatoms. The van der Waals surface area contributed by atoms with Crippen LogP contribution in [0.3, 0.4) is 0 Å². The number of anilines is 3. The predicted octanol–water partition coefficient (Wildman–Crippen LogP) is 4.40. The molecular weight excluding hydrogens is 308 g/mol. The summed E-state index contributed by atoms with van der Waals surface area (Å²) in [7, 11) is 0. The molecule has 0 fully saturated rings. The summed E-state index contributed by atoms with van der Waals surface area (Å²) < 4.78 is 0. The monoisotopic (exact) mass is 330 g/mol. The van der Waals surface area contributed by atoms with E-state index in [2.05, 4.69) is 70.7 Å². The summed E-state index contributed by atoms with van der Waals surface area (Å²) in [6, 6.07) is 19.0. The SMILES string of the molecule is Cc1cccc(CNc2cc(C)nc(N3CCc4ccccc43)n2)c1. The molecule has 0 atom stereocenters. The van der Waals surface area contributed by atoms with E-state index in [1.165, 1.54) is 22.4 Å². The summed E-state index contributed by atoms with van der Waals surface area (Å²) in [5, 5.41) is 3.44. The standard InChI is InChI=1S/C21H22N4/c1-15-6-5-7-17(12-15)14-22-20-13-16(2)23-21(24-20)25-11-10-18-8-3-4-9-19(18)25/h3-9,12-13H,10-11,14H2,1-2H3,(H,22,23,24). The van der Waals surface area contributed by atoms with E-state index in [1.807, 2.05) is 13.0 Å². The molecule has 0 unspecified atom stereocenters. The van der Waals surface area contributed by atoms with Crippen molar-refractivity contribution in [1.82, 2.24) is 9.97 Å². The third-order valence-corrected chi connectivity index (χ3v) is 4.53. The summed E-state index contributed by atoms with van der Waals surface area (Å²) in [4.78, 5) is 11.6. The van der Waals surface area contributed by atoms with Crippen LogP contribution in [0.5, 0.6) is 0 Å². The van der Waals surface area contributed by atoms with Crippen LogP contribution in [0.15, 0.2) is 54.6 Å². The molecule has 0 saturated carbocycles. The number of aromatic nitrogens is 2. The van der Waals surface area contributed by atoms with Gasteiger partial charge in [-0.25, -0.2) is 4.98 Å². The molecule has 3 aromatic rings. The average molecular weight is 330 g/mol. The zero-order chi connectivity index (χ0) is 17.2. The topological polar surface area (TPSA) is 41.1 Å². The molecule has 2 aromatic carbocycles. The molecule has 4 nitrogen and oxygen atoms in total. The summed E-state index contributed by atoms with van der Waals surface area (Å²) in [5.74, 6) is 1.64. The van der Waals surface area contributed by atoms with Crippen molar-refractivity contribution in [3.8, 4) is 0 Å². The molecule has 1 aliphatic heterocycles. The second kappa shape index (κ2) is 6.55. The summed E-state index contributed by atoms with van der Waals surface area (Å²) in [6.07, 6.45) is 1.04. The molecule has 4 rings (SSSR count). The molecule has 1 aromatic heterocycles. The van der Waals surface area contributed by atoms with Crippen LogP contribution in [0.25, 0.3) is 0 Å². The second-order valence-electron chi connectivity index (χ2n) is 6.57. The van der Waals surface area contributed by atoms with Crippen LogP contribution in [-0.2, 0) is 13.0 Å². The van der Waals surface area contributed by atoms with Gasteiger partial charge in [-0.2, -0.15) is 4.98 Å². The van der Waals surface area contributed by atoms with Gasteiger partial charge in [-0.3, -0.25) is 0 Å². The van der Waals surface area contributed by atoms with Crippen molar-refractivity contribution < 1.29 is 0 Å². The Morgan fingerprint density at radius 3 is 2.76 bits per heavy atom. The summed E-state index contributed by atoms with van der Waals surface area (Å²) in [6.45, 7) is 5.82. The highest BCUT2D eigenvalue weighted by Crippen LogP contribution is 2.32. The zero-order valence-electron chi connectivity index (χ0n) is 14.7. The van der Waals surface area contributed by atoms with Gasteiger partial charge in [0, 0.05) is 30.5 Å². The first-order valence-electron chi connectivity index (χ1n) is 8.69. The number of rotatable bonds is 4. The largest absolute Gasteiger partial charge is 0.366 e. The Morgan fingerprint density at radius 2 is 1.88 bits per heavy atom. The third-order valence-electron chi connectivity index (χ3n) is 4.53. The van der Waals surface area contributed by atoms with Gasteiger partial charge in [0.1, 0.15) is 5.82 Å².